The van der Waals surface area contributed by atoms with Crippen LogP contribution in [0.1, 0.15) is 56.4 Å². The Balaban J connectivity index is 1.74. The number of halogens is 1. The summed E-state index contributed by atoms with van der Waals surface area (Å²) in [6, 6.07) is 8.07. The molecule has 1 aromatic carbocycles. The maximum Gasteiger partial charge on any atom is 0.355 e. The van der Waals surface area contributed by atoms with E-state index in [-0.39, 0.29) is 17.6 Å². The molecule has 0 spiro atoms. The number of para-hydroxylation sites is 1. The highest BCUT2D eigenvalue weighted by Gasteiger charge is 2.32. The molecule has 188 valence electrons. The third-order valence-electron chi connectivity index (χ3n) is 7.37. The van der Waals surface area contributed by atoms with Crippen LogP contribution in [-0.2, 0) is 17.6 Å². The first-order valence-corrected chi connectivity index (χ1v) is 13.2. The number of aromatic nitrogens is 3. The third-order valence-corrected chi connectivity index (χ3v) is 7.67. The van der Waals surface area contributed by atoms with E-state index >= 15 is 0 Å². The van der Waals surface area contributed by atoms with Gasteiger partial charge in [-0.15, -0.1) is 0 Å². The number of nitrogens with zero attached hydrogens (tertiary/aromatic N) is 5. The largest absolute Gasteiger partial charge is 0.355 e. The molecule has 1 saturated carbocycles. The van der Waals surface area contributed by atoms with E-state index in [1.807, 2.05) is 19.1 Å². The number of piperazine rings is 1. The van der Waals surface area contributed by atoms with E-state index in [1.54, 1.807) is 9.47 Å². The Morgan fingerprint density at radius 1 is 1.17 bits per heavy atom. The van der Waals surface area contributed by atoms with E-state index in [0.717, 1.165) is 53.6 Å². The number of amides is 1. The summed E-state index contributed by atoms with van der Waals surface area (Å²) in [4.78, 5) is 39.6. The summed E-state index contributed by atoms with van der Waals surface area (Å²) < 4.78 is 1.70. The second-order valence-corrected chi connectivity index (χ2v) is 10.1. The van der Waals surface area contributed by atoms with Gasteiger partial charge >= 0.3 is 5.69 Å². The topological polar surface area (TPSA) is 71.3 Å². The van der Waals surface area contributed by atoms with Gasteiger partial charge < -0.3 is 9.80 Å². The Morgan fingerprint density at radius 2 is 1.86 bits per heavy atom. The number of carbonyl (C=O) groups is 1. The molecule has 7 nitrogen and oxygen atoms in total. The Labute approximate surface area is 216 Å². The zero-order chi connectivity index (χ0) is 25.6. The average molecular weight is 506 g/mol. The van der Waals surface area contributed by atoms with Gasteiger partial charge in [-0.25, -0.2) is 14.3 Å². The molecule has 1 amide bonds. The maximum atomic E-state index is 13.8. The van der Waals surface area contributed by atoms with Gasteiger partial charge in [-0.3, -0.25) is 4.79 Å². The Hall–Kier alpha value is -3.19. The number of rotatable bonds is 6. The molecule has 2 aromatic heterocycles. The fourth-order valence-electron chi connectivity index (χ4n) is 5.29. The van der Waals surface area contributed by atoms with Crippen LogP contribution in [0.3, 0.4) is 0 Å². The highest BCUT2D eigenvalue weighted by Crippen LogP contribution is 2.43. The minimum absolute atomic E-state index is 0.0374. The Kier molecular flexibility index (Phi) is 6.60. The Bertz CT molecular complexity index is 1390. The summed E-state index contributed by atoms with van der Waals surface area (Å²) >= 11 is 6.76. The van der Waals surface area contributed by atoms with E-state index in [2.05, 4.69) is 42.4 Å². The van der Waals surface area contributed by atoms with E-state index in [0.29, 0.717) is 42.0 Å². The molecular formula is C28H32ClN5O2. The van der Waals surface area contributed by atoms with Gasteiger partial charge in [0, 0.05) is 31.6 Å². The first kappa shape index (κ1) is 24.5. The van der Waals surface area contributed by atoms with Crippen LogP contribution in [-0.4, -0.2) is 51.0 Å². The van der Waals surface area contributed by atoms with Crippen LogP contribution >= 0.6 is 11.6 Å². The van der Waals surface area contributed by atoms with Crippen LogP contribution in [0.4, 0.5) is 5.82 Å². The lowest BCUT2D eigenvalue weighted by Gasteiger charge is -2.40. The van der Waals surface area contributed by atoms with E-state index in [1.165, 1.54) is 6.08 Å². The summed E-state index contributed by atoms with van der Waals surface area (Å²) in [6.45, 7) is 11.5. The van der Waals surface area contributed by atoms with Crippen molar-refractivity contribution < 1.29 is 4.79 Å². The third kappa shape index (κ3) is 4.19. The predicted octanol–water partition coefficient (Wildman–Crippen LogP) is 4.66. The fourth-order valence-corrected chi connectivity index (χ4v) is 5.59. The molecule has 1 saturated heterocycles. The number of anilines is 1. The molecule has 36 heavy (non-hydrogen) atoms. The van der Waals surface area contributed by atoms with Crippen molar-refractivity contribution in [3.63, 3.8) is 0 Å². The van der Waals surface area contributed by atoms with E-state index in [9.17, 15) is 9.59 Å². The highest BCUT2D eigenvalue weighted by molar-refractivity contribution is 6.32. The standard InChI is InChI=1S/C28H32ClN5O2/c1-5-18-9-8-10-19(6-2)25(18)34-27-21(15-22(29)24(30-27)20-11-12-20)26(31-28(34)36)33-14-13-32(16-17(33)4)23(35)7-3/h7-10,15,17,20H,3,5-6,11-14,16H2,1-2,4H3/t17-/m0/s1. The van der Waals surface area contributed by atoms with E-state index in [4.69, 9.17) is 16.6 Å². The quantitative estimate of drug-likeness (QED) is 0.456. The molecule has 2 aliphatic rings. The number of aryl methyl sites for hydroxylation is 2. The second-order valence-electron chi connectivity index (χ2n) is 9.72. The summed E-state index contributed by atoms with van der Waals surface area (Å²) in [6.07, 6.45) is 5.04. The minimum atomic E-state index is -0.346. The lowest BCUT2D eigenvalue weighted by atomic mass is 10.0. The van der Waals surface area contributed by atoms with Crippen LogP contribution in [0.2, 0.25) is 5.02 Å². The van der Waals surface area contributed by atoms with Crippen molar-refractivity contribution in [2.75, 3.05) is 24.5 Å². The number of fused-ring (bicyclic) bond motifs is 1. The molecule has 2 fully saturated rings. The zero-order valence-electron chi connectivity index (χ0n) is 21.1. The molecule has 1 aliphatic carbocycles. The smallest absolute Gasteiger partial charge is 0.350 e. The van der Waals surface area contributed by atoms with Gasteiger partial charge in [-0.1, -0.05) is 50.2 Å². The van der Waals surface area contributed by atoms with Crippen LogP contribution in [0, 0.1) is 0 Å². The normalized spacial score (nSPS) is 18.1. The second kappa shape index (κ2) is 9.69. The number of carbonyl (C=O) groups excluding carboxylic acids is 1. The molecule has 3 heterocycles. The van der Waals surface area contributed by atoms with Gasteiger partial charge in [0.05, 0.1) is 21.8 Å². The van der Waals surface area contributed by atoms with Crippen molar-refractivity contribution in [3.05, 3.63) is 69.2 Å². The first-order valence-electron chi connectivity index (χ1n) is 12.8. The summed E-state index contributed by atoms with van der Waals surface area (Å²) in [5.41, 5.74) is 4.16. The molecule has 0 N–H and O–H groups in total. The van der Waals surface area contributed by atoms with Crippen molar-refractivity contribution in [3.8, 4) is 5.69 Å². The molecule has 5 rings (SSSR count). The lowest BCUT2D eigenvalue weighted by molar-refractivity contribution is -0.126. The summed E-state index contributed by atoms with van der Waals surface area (Å²) in [7, 11) is 0. The molecule has 0 radical (unpaired) electrons. The SMILES string of the molecule is C=CC(=O)N1CCN(c2nc(=O)n(-c3c(CC)cccc3CC)c3nc(C4CC4)c(Cl)cc23)[C@@H](C)C1. The number of benzene rings is 1. The highest BCUT2D eigenvalue weighted by atomic mass is 35.5. The van der Waals surface area contributed by atoms with E-state index < -0.39 is 0 Å². The fraction of sp³-hybridized carbons (Fsp3) is 0.429. The molecule has 3 aromatic rings. The number of hydrogen-bond acceptors (Lipinski definition) is 5. The Morgan fingerprint density at radius 3 is 2.44 bits per heavy atom. The van der Waals surface area contributed by atoms with Gasteiger partial charge in [0.15, 0.2) is 5.65 Å². The molecular weight excluding hydrogens is 474 g/mol. The first-order chi connectivity index (χ1) is 17.4. The van der Waals surface area contributed by atoms with Gasteiger partial charge in [-0.05, 0) is 55.9 Å². The van der Waals surface area contributed by atoms with Gasteiger partial charge in [-0.2, -0.15) is 4.98 Å². The maximum absolute atomic E-state index is 13.8. The summed E-state index contributed by atoms with van der Waals surface area (Å²) in [5, 5.41) is 1.37. The average Bonchev–Trinajstić information content (AvgIpc) is 3.73. The molecule has 1 aliphatic heterocycles. The van der Waals surface area contributed by atoms with Gasteiger partial charge in [0.1, 0.15) is 5.82 Å². The van der Waals surface area contributed by atoms with Crippen LogP contribution in [0.5, 0.6) is 0 Å². The molecule has 1 atom stereocenters. The van der Waals surface area contributed by atoms with Crippen LogP contribution < -0.4 is 10.6 Å². The van der Waals surface area contributed by atoms with Crippen LogP contribution in [0.15, 0.2) is 41.7 Å². The minimum Gasteiger partial charge on any atom is -0.350 e. The van der Waals surface area contributed by atoms with Crippen molar-refractivity contribution in [1.82, 2.24) is 19.4 Å². The molecule has 8 heteroatoms. The van der Waals surface area contributed by atoms with Gasteiger partial charge in [0.2, 0.25) is 5.91 Å². The van der Waals surface area contributed by atoms with Crippen molar-refractivity contribution in [2.45, 2.75) is 58.4 Å². The monoisotopic (exact) mass is 505 g/mol. The van der Waals surface area contributed by atoms with Crippen molar-refractivity contribution in [2.24, 2.45) is 0 Å². The zero-order valence-corrected chi connectivity index (χ0v) is 21.9. The van der Waals surface area contributed by atoms with Crippen molar-refractivity contribution in [1.29, 1.82) is 0 Å². The predicted molar refractivity (Wildman–Crippen MR) is 144 cm³/mol. The van der Waals surface area contributed by atoms with Gasteiger partial charge in [0.25, 0.3) is 0 Å². The number of hydrogen-bond donors (Lipinski definition) is 0. The molecule has 0 unspecified atom stereocenters. The van der Waals surface area contributed by atoms with Crippen molar-refractivity contribution >= 4 is 34.4 Å². The summed E-state index contributed by atoms with van der Waals surface area (Å²) in [5.74, 6) is 0.825. The molecule has 0 bridgehead atoms. The lowest BCUT2D eigenvalue weighted by Crippen LogP contribution is -2.54. The number of pyridine rings is 1. The van der Waals surface area contributed by atoms with Crippen LogP contribution in [0.25, 0.3) is 16.7 Å².